The summed E-state index contributed by atoms with van der Waals surface area (Å²) in [4.78, 5) is 53.1. The first-order valence-corrected chi connectivity index (χ1v) is 12.9. The van der Waals surface area contributed by atoms with Crippen LogP contribution in [0.15, 0.2) is 42.5 Å². The molecule has 2 unspecified atom stereocenters. The summed E-state index contributed by atoms with van der Waals surface area (Å²) in [5, 5.41) is 15.4. The van der Waals surface area contributed by atoms with E-state index in [1.54, 1.807) is 32.9 Å². The van der Waals surface area contributed by atoms with E-state index in [-0.39, 0.29) is 19.4 Å². The molecule has 10 nitrogen and oxygen atoms in total. The number of hydrogen-bond acceptors (Lipinski definition) is 6. The Kier molecular flexibility index (Phi) is 11.0. The Morgan fingerprint density at radius 3 is 2.10 bits per heavy atom. The molecule has 2 aromatic carbocycles. The van der Waals surface area contributed by atoms with Crippen LogP contribution in [0.1, 0.15) is 61.9 Å². The van der Waals surface area contributed by atoms with E-state index < -0.39 is 48.1 Å². The third-order valence-electron chi connectivity index (χ3n) is 5.97. The maximum atomic E-state index is 13.9. The number of amides is 4. The number of nitrogens with zero attached hydrogens (tertiary/aromatic N) is 1. The van der Waals surface area contributed by atoms with Crippen molar-refractivity contribution < 1.29 is 29.0 Å². The lowest BCUT2D eigenvalue weighted by Crippen LogP contribution is -2.53. The van der Waals surface area contributed by atoms with Crippen LogP contribution in [-0.2, 0) is 19.1 Å². The van der Waals surface area contributed by atoms with E-state index in [4.69, 9.17) is 10.5 Å². The summed E-state index contributed by atoms with van der Waals surface area (Å²) < 4.78 is 5.31. The molecular weight excluding hydrogens is 500 g/mol. The smallest absolute Gasteiger partial charge is 0.408 e. The topological polar surface area (TPSA) is 151 Å². The van der Waals surface area contributed by atoms with Crippen LogP contribution in [0.25, 0.3) is 0 Å². The van der Waals surface area contributed by atoms with E-state index in [2.05, 4.69) is 10.6 Å². The minimum Gasteiger partial charge on any atom is -0.444 e. The molecule has 2 atom stereocenters. The number of primary amides is 1. The molecule has 0 aliphatic rings. The van der Waals surface area contributed by atoms with Crippen LogP contribution in [0.4, 0.5) is 10.5 Å². The number of hydrogen-bond donors (Lipinski definition) is 4. The first-order valence-electron chi connectivity index (χ1n) is 12.9. The molecule has 0 aliphatic carbocycles. The van der Waals surface area contributed by atoms with Crippen LogP contribution in [0.2, 0.25) is 0 Å². The van der Waals surface area contributed by atoms with Crippen molar-refractivity contribution in [1.82, 2.24) is 10.2 Å². The van der Waals surface area contributed by atoms with Gasteiger partial charge >= 0.3 is 6.09 Å². The number of aliphatic hydroxyl groups is 1. The normalized spacial score (nSPS) is 12.7. The molecule has 0 aromatic heterocycles. The largest absolute Gasteiger partial charge is 0.444 e. The number of nitrogens with one attached hydrogen (secondary N) is 2. The number of carbonyl (C=O) groups is 4. The molecule has 5 N–H and O–H groups in total. The lowest BCUT2D eigenvalue weighted by molar-refractivity contribution is -0.141. The molecule has 2 rings (SSSR count). The van der Waals surface area contributed by atoms with Crippen LogP contribution < -0.4 is 16.4 Å². The molecule has 0 heterocycles. The molecule has 2 aromatic rings. The van der Waals surface area contributed by atoms with Crippen molar-refractivity contribution >= 4 is 29.5 Å². The number of alkyl carbamates (subject to hydrolysis) is 1. The van der Waals surface area contributed by atoms with Gasteiger partial charge in [0.15, 0.2) is 0 Å². The van der Waals surface area contributed by atoms with E-state index in [1.165, 1.54) is 4.90 Å². The number of nitrogens with two attached hydrogens (primary N) is 1. The molecule has 0 fully saturated rings. The van der Waals surface area contributed by atoms with Crippen LogP contribution in [0, 0.1) is 20.8 Å². The van der Waals surface area contributed by atoms with Gasteiger partial charge in [0.1, 0.15) is 17.7 Å². The van der Waals surface area contributed by atoms with Crippen molar-refractivity contribution in [2.75, 3.05) is 18.5 Å². The minimum atomic E-state index is -1.24. The second-order valence-corrected chi connectivity index (χ2v) is 10.5. The molecule has 0 bridgehead atoms. The number of rotatable bonds is 11. The third kappa shape index (κ3) is 9.40. The maximum Gasteiger partial charge on any atom is 0.408 e. The van der Waals surface area contributed by atoms with Gasteiger partial charge in [-0.2, -0.15) is 0 Å². The van der Waals surface area contributed by atoms with Crippen LogP contribution in [-0.4, -0.2) is 58.6 Å². The number of aryl methyl sites for hydroxylation is 3. The molecule has 0 saturated heterocycles. The first kappa shape index (κ1) is 31.3. The Labute approximate surface area is 229 Å². The highest BCUT2D eigenvalue weighted by Gasteiger charge is 2.36. The molecule has 0 saturated carbocycles. The van der Waals surface area contributed by atoms with Gasteiger partial charge in [-0.15, -0.1) is 0 Å². The van der Waals surface area contributed by atoms with Gasteiger partial charge in [-0.25, -0.2) is 4.79 Å². The summed E-state index contributed by atoms with van der Waals surface area (Å²) >= 11 is 0. The predicted molar refractivity (Wildman–Crippen MR) is 149 cm³/mol. The minimum absolute atomic E-state index is 0.117. The van der Waals surface area contributed by atoms with Crippen molar-refractivity contribution in [1.29, 1.82) is 0 Å². The van der Waals surface area contributed by atoms with E-state index >= 15 is 0 Å². The lowest BCUT2D eigenvalue weighted by Gasteiger charge is -2.34. The Bertz CT molecular complexity index is 1150. The van der Waals surface area contributed by atoms with Crippen LogP contribution in [0.5, 0.6) is 0 Å². The number of para-hydroxylation sites is 1. The summed E-state index contributed by atoms with van der Waals surface area (Å²) in [7, 11) is 0. The van der Waals surface area contributed by atoms with Crippen molar-refractivity contribution in [2.45, 2.75) is 72.1 Å². The zero-order chi connectivity index (χ0) is 29.3. The zero-order valence-electron chi connectivity index (χ0n) is 23.5. The monoisotopic (exact) mass is 540 g/mol. The average molecular weight is 541 g/mol. The van der Waals surface area contributed by atoms with E-state index in [1.807, 2.05) is 51.1 Å². The fourth-order valence-electron chi connectivity index (χ4n) is 4.09. The standard InChI is InChI=1S/C29H40N4O6/c1-18-10-12-21(13-11-18)25(26(36)32-24-19(2)8-7-9-20(24)3)33(16-17-34)27(37)22(14-15-23(30)35)31-28(38)39-29(4,5)6/h7-13,22,25,34H,14-17H2,1-6H3,(H2,30,35)(H,31,38)(H,32,36). The zero-order valence-corrected chi connectivity index (χ0v) is 23.5. The summed E-state index contributed by atoms with van der Waals surface area (Å²) in [6, 6.07) is 10.3. The summed E-state index contributed by atoms with van der Waals surface area (Å²) in [6.07, 6.45) is -1.17. The van der Waals surface area contributed by atoms with Crippen molar-refractivity contribution in [3.05, 3.63) is 64.7 Å². The second kappa shape index (κ2) is 13.7. The number of carbonyl (C=O) groups excluding carboxylic acids is 4. The number of ether oxygens (including phenoxy) is 1. The molecule has 0 radical (unpaired) electrons. The maximum absolute atomic E-state index is 13.9. The Balaban J connectivity index is 2.53. The Morgan fingerprint density at radius 2 is 1.59 bits per heavy atom. The van der Waals surface area contributed by atoms with E-state index in [0.717, 1.165) is 16.7 Å². The quantitative estimate of drug-likeness (QED) is 0.343. The number of anilines is 1. The van der Waals surface area contributed by atoms with Crippen LogP contribution >= 0.6 is 0 Å². The van der Waals surface area contributed by atoms with Crippen molar-refractivity contribution in [3.63, 3.8) is 0 Å². The van der Waals surface area contributed by atoms with E-state index in [0.29, 0.717) is 11.3 Å². The summed E-state index contributed by atoms with van der Waals surface area (Å²) in [5.74, 6) is -1.82. The van der Waals surface area contributed by atoms with E-state index in [9.17, 15) is 24.3 Å². The van der Waals surface area contributed by atoms with Crippen molar-refractivity contribution in [2.24, 2.45) is 5.73 Å². The Morgan fingerprint density at radius 1 is 1.00 bits per heavy atom. The highest BCUT2D eigenvalue weighted by molar-refractivity contribution is 6.00. The molecule has 4 amide bonds. The molecule has 10 heteroatoms. The summed E-state index contributed by atoms with van der Waals surface area (Å²) in [5.41, 5.74) is 8.27. The first-order chi connectivity index (χ1) is 18.2. The number of benzene rings is 2. The number of aliphatic hydroxyl groups excluding tert-OH is 1. The predicted octanol–water partition coefficient (Wildman–Crippen LogP) is 3.27. The van der Waals surface area contributed by atoms with Crippen LogP contribution in [0.3, 0.4) is 0 Å². The van der Waals surface area contributed by atoms with Gasteiger partial charge in [0, 0.05) is 18.7 Å². The molecule has 0 aliphatic heterocycles. The molecule has 0 spiro atoms. The van der Waals surface area contributed by atoms with Gasteiger partial charge in [0.2, 0.25) is 11.8 Å². The highest BCUT2D eigenvalue weighted by atomic mass is 16.6. The molecule has 39 heavy (non-hydrogen) atoms. The van der Waals surface area contributed by atoms with Gasteiger partial charge in [-0.3, -0.25) is 14.4 Å². The average Bonchev–Trinajstić information content (AvgIpc) is 2.83. The fourth-order valence-corrected chi connectivity index (χ4v) is 4.09. The van der Waals surface area contributed by atoms with Gasteiger partial charge in [0.25, 0.3) is 5.91 Å². The van der Waals surface area contributed by atoms with Gasteiger partial charge in [-0.1, -0.05) is 48.0 Å². The fraction of sp³-hybridized carbons (Fsp3) is 0.448. The third-order valence-corrected chi connectivity index (χ3v) is 5.97. The van der Waals surface area contributed by atoms with Crippen molar-refractivity contribution in [3.8, 4) is 0 Å². The lowest BCUT2D eigenvalue weighted by atomic mass is 10.00. The highest BCUT2D eigenvalue weighted by Crippen LogP contribution is 2.27. The second-order valence-electron chi connectivity index (χ2n) is 10.5. The molecule has 212 valence electrons. The van der Waals surface area contributed by atoms with Gasteiger partial charge < -0.3 is 31.1 Å². The van der Waals surface area contributed by atoms with Gasteiger partial charge in [0.05, 0.1) is 6.61 Å². The Hall–Kier alpha value is -3.92. The molecular formula is C29H40N4O6. The van der Waals surface area contributed by atoms with Gasteiger partial charge in [-0.05, 0) is 64.7 Å². The summed E-state index contributed by atoms with van der Waals surface area (Å²) in [6.45, 7) is 10.0. The SMILES string of the molecule is Cc1ccc(C(C(=O)Nc2c(C)cccc2C)N(CCO)C(=O)C(CCC(N)=O)NC(=O)OC(C)(C)C)cc1.